The summed E-state index contributed by atoms with van der Waals surface area (Å²) >= 11 is 3.10. The van der Waals surface area contributed by atoms with Crippen LogP contribution in [-0.2, 0) is 5.75 Å². The Morgan fingerprint density at radius 2 is 1.78 bits per heavy atom. The molecule has 0 amide bonds. The number of hydrogen-bond donors (Lipinski definition) is 0. The highest BCUT2D eigenvalue weighted by molar-refractivity contribution is 7.98. The van der Waals surface area contributed by atoms with E-state index in [2.05, 4.69) is 53.3 Å². The zero-order valence-electron chi connectivity index (χ0n) is 17.6. The summed E-state index contributed by atoms with van der Waals surface area (Å²) in [5.74, 6) is 0.145. The second-order valence-corrected chi connectivity index (χ2v) is 10.6. The molecule has 2 aromatic heterocycles. The molecule has 0 saturated heterocycles. The lowest BCUT2D eigenvalue weighted by Gasteiger charge is -2.05. The van der Waals surface area contributed by atoms with Crippen LogP contribution in [-0.4, -0.2) is 15.2 Å². The van der Waals surface area contributed by atoms with Crippen molar-refractivity contribution in [2.24, 2.45) is 5.41 Å². The van der Waals surface area contributed by atoms with Crippen molar-refractivity contribution in [3.05, 3.63) is 94.6 Å². The monoisotopic (exact) mass is 465 g/mol. The normalized spacial score (nSPS) is 19.1. The topological polar surface area (TPSA) is 38.7 Å². The van der Waals surface area contributed by atoms with Crippen molar-refractivity contribution in [3.63, 3.8) is 0 Å². The van der Waals surface area contributed by atoms with Crippen molar-refractivity contribution in [2.75, 3.05) is 0 Å². The van der Waals surface area contributed by atoms with E-state index >= 15 is 0 Å². The fourth-order valence-corrected chi connectivity index (χ4v) is 6.25. The second-order valence-electron chi connectivity index (χ2n) is 8.55. The highest BCUT2D eigenvalue weighted by atomic mass is 32.2. The largest absolute Gasteiger partial charge is 0.250 e. The van der Waals surface area contributed by atoms with Gasteiger partial charge in [0.2, 0.25) is 0 Å². The van der Waals surface area contributed by atoms with Crippen molar-refractivity contribution in [1.82, 2.24) is 15.2 Å². The molecule has 162 valence electrons. The standard InChI is InChI=1S/C25H21F2N3S2/c1-25(2)21(16-8-11-20(28-13-16)31-14-15-6-4-3-5-7-15)22(25)24-30-29-23(32-24)18-10-9-17(26)12-19(18)27/h3-13,21-22H,14H2,1-2H3/t21-,22+/m0/s1. The van der Waals surface area contributed by atoms with Crippen LogP contribution in [0.25, 0.3) is 10.6 Å². The van der Waals surface area contributed by atoms with Gasteiger partial charge in [-0.15, -0.1) is 22.0 Å². The lowest BCUT2D eigenvalue weighted by molar-refractivity contribution is 0.585. The van der Waals surface area contributed by atoms with E-state index < -0.39 is 11.6 Å². The maximum atomic E-state index is 14.2. The van der Waals surface area contributed by atoms with E-state index in [4.69, 9.17) is 0 Å². The molecule has 1 aliphatic carbocycles. The van der Waals surface area contributed by atoms with Gasteiger partial charge in [-0.05, 0) is 34.7 Å². The Hall–Kier alpha value is -2.64. The number of aromatic nitrogens is 3. The van der Waals surface area contributed by atoms with Gasteiger partial charge in [0.05, 0.1) is 5.03 Å². The molecular formula is C25H21F2N3S2. The van der Waals surface area contributed by atoms with Crippen LogP contribution < -0.4 is 0 Å². The van der Waals surface area contributed by atoms with Crippen LogP contribution in [0.5, 0.6) is 0 Å². The van der Waals surface area contributed by atoms with Crippen molar-refractivity contribution < 1.29 is 8.78 Å². The summed E-state index contributed by atoms with van der Waals surface area (Å²) in [6.45, 7) is 4.42. The highest BCUT2D eigenvalue weighted by Gasteiger charge is 2.60. The van der Waals surface area contributed by atoms with Gasteiger partial charge in [0, 0.05) is 35.4 Å². The minimum absolute atomic E-state index is 0.0124. The molecule has 0 bridgehead atoms. The molecule has 4 aromatic rings. The lowest BCUT2D eigenvalue weighted by Crippen LogP contribution is -1.91. The number of nitrogens with zero attached hydrogens (tertiary/aromatic N) is 3. The molecule has 2 atom stereocenters. The van der Waals surface area contributed by atoms with Gasteiger partial charge in [-0.3, -0.25) is 0 Å². The third-order valence-corrected chi connectivity index (χ3v) is 8.10. The van der Waals surface area contributed by atoms with Gasteiger partial charge >= 0.3 is 0 Å². The van der Waals surface area contributed by atoms with Gasteiger partial charge in [-0.1, -0.05) is 61.6 Å². The van der Waals surface area contributed by atoms with E-state index in [-0.39, 0.29) is 22.8 Å². The van der Waals surface area contributed by atoms with E-state index in [1.165, 1.54) is 34.6 Å². The predicted molar refractivity (Wildman–Crippen MR) is 125 cm³/mol. The molecule has 1 fully saturated rings. The summed E-state index contributed by atoms with van der Waals surface area (Å²) in [4.78, 5) is 4.67. The molecule has 0 radical (unpaired) electrons. The molecule has 32 heavy (non-hydrogen) atoms. The maximum absolute atomic E-state index is 14.2. The van der Waals surface area contributed by atoms with Gasteiger partial charge in [0.1, 0.15) is 16.6 Å². The zero-order valence-corrected chi connectivity index (χ0v) is 19.3. The average Bonchev–Trinajstić information content (AvgIpc) is 3.10. The Kier molecular flexibility index (Phi) is 5.55. The van der Waals surface area contributed by atoms with Gasteiger partial charge in [-0.2, -0.15) is 0 Å². The molecule has 7 heteroatoms. The Balaban J connectivity index is 1.31. The Bertz CT molecular complexity index is 1240. The van der Waals surface area contributed by atoms with E-state index in [1.807, 2.05) is 24.4 Å². The van der Waals surface area contributed by atoms with Gasteiger partial charge in [0.15, 0.2) is 5.01 Å². The quantitative estimate of drug-likeness (QED) is 0.285. The summed E-state index contributed by atoms with van der Waals surface area (Å²) in [5.41, 5.74) is 2.75. The van der Waals surface area contributed by atoms with E-state index in [9.17, 15) is 8.78 Å². The average molecular weight is 466 g/mol. The molecular weight excluding hydrogens is 444 g/mol. The fourth-order valence-electron chi connectivity index (χ4n) is 4.25. The lowest BCUT2D eigenvalue weighted by atomic mass is 10.1. The molecule has 0 unspecified atom stereocenters. The summed E-state index contributed by atoms with van der Waals surface area (Å²) in [6, 6.07) is 18.1. The SMILES string of the molecule is CC1(C)[C@@H](c2ccc(SCc3ccccc3)nc2)[C@@H]1c1nnc(-c2ccc(F)cc2F)s1. The predicted octanol–water partition coefficient (Wildman–Crippen LogP) is 7.08. The number of rotatable bonds is 6. The number of pyridine rings is 1. The third-order valence-electron chi connectivity index (χ3n) is 6.04. The molecule has 1 aliphatic rings. The molecule has 3 nitrogen and oxygen atoms in total. The van der Waals surface area contributed by atoms with Crippen LogP contribution in [0.2, 0.25) is 0 Å². The smallest absolute Gasteiger partial charge is 0.150 e. The minimum atomic E-state index is -0.618. The van der Waals surface area contributed by atoms with E-state index in [0.29, 0.717) is 5.01 Å². The van der Waals surface area contributed by atoms with Crippen molar-refractivity contribution in [2.45, 2.75) is 36.5 Å². The summed E-state index contributed by atoms with van der Waals surface area (Å²) in [7, 11) is 0. The van der Waals surface area contributed by atoms with Crippen molar-refractivity contribution >= 4 is 23.1 Å². The number of benzene rings is 2. The third kappa shape index (κ3) is 4.07. The van der Waals surface area contributed by atoms with Crippen LogP contribution in [0.1, 0.15) is 41.8 Å². The van der Waals surface area contributed by atoms with E-state index in [0.717, 1.165) is 21.9 Å². The molecule has 1 saturated carbocycles. The Labute approximate surface area is 194 Å². The van der Waals surface area contributed by atoms with Gasteiger partial charge in [-0.25, -0.2) is 13.8 Å². The van der Waals surface area contributed by atoms with Crippen molar-refractivity contribution in [3.8, 4) is 10.6 Å². The van der Waals surface area contributed by atoms with Gasteiger partial charge in [0.25, 0.3) is 0 Å². The van der Waals surface area contributed by atoms with Crippen LogP contribution in [0.3, 0.4) is 0 Å². The zero-order chi connectivity index (χ0) is 22.3. The first-order valence-corrected chi connectivity index (χ1v) is 12.1. The minimum Gasteiger partial charge on any atom is -0.250 e. The Morgan fingerprint density at radius 1 is 0.969 bits per heavy atom. The van der Waals surface area contributed by atoms with E-state index in [1.54, 1.807) is 11.8 Å². The first kappa shape index (κ1) is 21.2. The summed E-state index contributed by atoms with van der Waals surface area (Å²) < 4.78 is 27.4. The second kappa shape index (κ2) is 8.37. The van der Waals surface area contributed by atoms with Crippen LogP contribution >= 0.6 is 23.1 Å². The molecule has 0 spiro atoms. The maximum Gasteiger partial charge on any atom is 0.150 e. The fraction of sp³-hybridized carbons (Fsp3) is 0.240. The molecule has 5 rings (SSSR count). The Morgan fingerprint density at radius 3 is 2.50 bits per heavy atom. The van der Waals surface area contributed by atoms with Gasteiger partial charge < -0.3 is 0 Å². The molecule has 2 aromatic carbocycles. The highest BCUT2D eigenvalue weighted by Crippen LogP contribution is 2.70. The van der Waals surface area contributed by atoms with Crippen LogP contribution in [0.15, 0.2) is 71.9 Å². The first-order valence-electron chi connectivity index (χ1n) is 10.3. The number of thioether (sulfide) groups is 1. The molecule has 0 N–H and O–H groups in total. The molecule has 0 aliphatic heterocycles. The first-order chi connectivity index (χ1) is 15.4. The number of halogens is 2. The summed E-state index contributed by atoms with van der Waals surface area (Å²) in [6.07, 6.45) is 1.96. The van der Waals surface area contributed by atoms with Crippen molar-refractivity contribution in [1.29, 1.82) is 0 Å². The number of hydrogen-bond acceptors (Lipinski definition) is 5. The van der Waals surface area contributed by atoms with Crippen LogP contribution in [0.4, 0.5) is 8.78 Å². The van der Waals surface area contributed by atoms with Crippen LogP contribution in [0, 0.1) is 17.0 Å². The molecule has 2 heterocycles. The summed E-state index contributed by atoms with van der Waals surface area (Å²) in [5, 5.41) is 10.9.